The molecule has 27 heavy (non-hydrogen) atoms. The lowest BCUT2D eigenvalue weighted by Crippen LogP contribution is -1.94. The molecule has 0 saturated heterocycles. The van der Waals surface area contributed by atoms with Gasteiger partial charge in [-0.25, -0.2) is 4.39 Å². The normalized spacial score (nSPS) is 15.1. The number of benzene rings is 2. The van der Waals surface area contributed by atoms with E-state index in [2.05, 4.69) is 24.3 Å². The minimum Gasteiger partial charge on any atom is -0.298 e. The van der Waals surface area contributed by atoms with Crippen LogP contribution >= 0.6 is 0 Å². The molecule has 0 aromatic heterocycles. The van der Waals surface area contributed by atoms with Gasteiger partial charge in [0.15, 0.2) is 0 Å². The van der Waals surface area contributed by atoms with Crippen LogP contribution in [0.2, 0.25) is 0 Å². The van der Waals surface area contributed by atoms with Crippen molar-refractivity contribution >= 4 is 17.4 Å². The smallest absolute Gasteiger partial charge is 0.146 e. The number of hydrogen-bond acceptors (Lipinski definition) is 2. The number of allylic oxidation sites excluding steroid dienone is 4. The van der Waals surface area contributed by atoms with Crippen LogP contribution in [-0.2, 0) is 4.79 Å². The largest absolute Gasteiger partial charge is 0.298 e. The molecule has 1 fully saturated rings. The molecule has 0 bridgehead atoms. The van der Waals surface area contributed by atoms with Gasteiger partial charge in [-0.05, 0) is 83.7 Å². The van der Waals surface area contributed by atoms with Crippen molar-refractivity contribution in [3.63, 3.8) is 0 Å². The number of halogens is 1. The standard InChI is InChI=1S/C24H22FNO/c1-3-17(15-27)12-23(21-10-11-22(14-26)24(25)13-21)16(2)18-4-6-19(7-5-18)20-8-9-20/h4-7,10-13,15,20H,3,8-9H2,1-2H3/b17-12+,23-16-. The molecule has 3 rings (SSSR count). The first-order chi connectivity index (χ1) is 13.1. The Morgan fingerprint density at radius 3 is 2.37 bits per heavy atom. The first-order valence-electron chi connectivity index (χ1n) is 9.24. The summed E-state index contributed by atoms with van der Waals surface area (Å²) in [5.74, 6) is 0.138. The van der Waals surface area contributed by atoms with Crippen LogP contribution in [-0.4, -0.2) is 6.29 Å². The number of carbonyl (C=O) groups excluding carboxylic acids is 1. The molecule has 0 atom stereocenters. The minimum atomic E-state index is -0.554. The average Bonchev–Trinajstić information content (AvgIpc) is 3.54. The van der Waals surface area contributed by atoms with E-state index in [-0.39, 0.29) is 5.56 Å². The van der Waals surface area contributed by atoms with Crippen molar-refractivity contribution in [1.82, 2.24) is 0 Å². The van der Waals surface area contributed by atoms with Gasteiger partial charge in [0, 0.05) is 0 Å². The number of nitriles is 1. The van der Waals surface area contributed by atoms with E-state index < -0.39 is 5.82 Å². The maximum atomic E-state index is 14.2. The van der Waals surface area contributed by atoms with Gasteiger partial charge in [0.1, 0.15) is 18.2 Å². The highest BCUT2D eigenvalue weighted by atomic mass is 19.1. The lowest BCUT2D eigenvalue weighted by molar-refractivity contribution is -0.105. The van der Waals surface area contributed by atoms with E-state index in [1.807, 2.05) is 26.0 Å². The lowest BCUT2D eigenvalue weighted by Gasteiger charge is -2.12. The summed E-state index contributed by atoms with van der Waals surface area (Å²) in [5.41, 5.74) is 5.47. The Kier molecular flexibility index (Phi) is 5.66. The monoisotopic (exact) mass is 359 g/mol. The Bertz CT molecular complexity index is 957. The quantitative estimate of drug-likeness (QED) is 0.273. The second-order valence-corrected chi connectivity index (χ2v) is 6.93. The molecule has 136 valence electrons. The molecule has 0 amide bonds. The summed E-state index contributed by atoms with van der Waals surface area (Å²) in [6.45, 7) is 3.89. The summed E-state index contributed by atoms with van der Waals surface area (Å²) in [4.78, 5) is 11.3. The summed E-state index contributed by atoms with van der Waals surface area (Å²) >= 11 is 0. The number of hydrogen-bond donors (Lipinski definition) is 0. The van der Waals surface area contributed by atoms with E-state index in [1.54, 1.807) is 6.07 Å². The molecule has 1 aliphatic rings. The van der Waals surface area contributed by atoms with Crippen molar-refractivity contribution in [3.05, 3.63) is 82.2 Å². The Morgan fingerprint density at radius 2 is 1.85 bits per heavy atom. The summed E-state index contributed by atoms with van der Waals surface area (Å²) in [6.07, 6.45) is 5.76. The number of aldehydes is 1. The van der Waals surface area contributed by atoms with E-state index >= 15 is 0 Å². The molecular weight excluding hydrogens is 337 g/mol. The average molecular weight is 359 g/mol. The first-order valence-corrected chi connectivity index (χ1v) is 9.24. The van der Waals surface area contributed by atoms with Crippen LogP contribution < -0.4 is 0 Å². The fraction of sp³-hybridized carbons (Fsp3) is 0.250. The van der Waals surface area contributed by atoms with E-state index in [9.17, 15) is 9.18 Å². The highest BCUT2D eigenvalue weighted by Crippen LogP contribution is 2.40. The van der Waals surface area contributed by atoms with Crippen molar-refractivity contribution in [1.29, 1.82) is 5.26 Å². The summed E-state index contributed by atoms with van der Waals surface area (Å²) in [6, 6.07) is 14.9. The number of rotatable bonds is 6. The summed E-state index contributed by atoms with van der Waals surface area (Å²) in [7, 11) is 0. The van der Waals surface area contributed by atoms with Crippen molar-refractivity contribution in [2.24, 2.45) is 0 Å². The summed E-state index contributed by atoms with van der Waals surface area (Å²) in [5, 5.41) is 8.97. The second-order valence-electron chi connectivity index (χ2n) is 6.93. The molecule has 3 heteroatoms. The minimum absolute atomic E-state index is 0.0135. The fourth-order valence-electron chi connectivity index (χ4n) is 3.16. The molecule has 2 aromatic rings. The maximum absolute atomic E-state index is 14.2. The van der Waals surface area contributed by atoms with Gasteiger partial charge in [0.25, 0.3) is 0 Å². The van der Waals surface area contributed by atoms with Crippen molar-refractivity contribution in [2.75, 3.05) is 0 Å². The zero-order chi connectivity index (χ0) is 19.4. The van der Waals surface area contributed by atoms with E-state index in [1.165, 1.54) is 30.5 Å². The molecule has 1 aliphatic carbocycles. The van der Waals surface area contributed by atoms with Gasteiger partial charge in [0.05, 0.1) is 5.56 Å². The van der Waals surface area contributed by atoms with Crippen LogP contribution in [0.5, 0.6) is 0 Å². The second kappa shape index (κ2) is 8.14. The molecule has 0 N–H and O–H groups in total. The zero-order valence-corrected chi connectivity index (χ0v) is 15.6. The Labute approximate surface area is 159 Å². The van der Waals surface area contributed by atoms with Gasteiger partial charge >= 0.3 is 0 Å². The van der Waals surface area contributed by atoms with Gasteiger partial charge in [-0.2, -0.15) is 5.26 Å². The molecule has 1 saturated carbocycles. The highest BCUT2D eigenvalue weighted by molar-refractivity contribution is 5.97. The van der Waals surface area contributed by atoms with Crippen LogP contribution in [0, 0.1) is 17.1 Å². The van der Waals surface area contributed by atoms with Crippen molar-refractivity contribution in [3.8, 4) is 6.07 Å². The Balaban J connectivity index is 2.11. The third-order valence-corrected chi connectivity index (χ3v) is 5.09. The van der Waals surface area contributed by atoms with Gasteiger partial charge in [0.2, 0.25) is 0 Å². The predicted octanol–water partition coefficient (Wildman–Crippen LogP) is 6.04. The summed E-state index contributed by atoms with van der Waals surface area (Å²) < 4.78 is 14.2. The van der Waals surface area contributed by atoms with Gasteiger partial charge in [-0.15, -0.1) is 0 Å². The zero-order valence-electron chi connectivity index (χ0n) is 15.6. The van der Waals surface area contributed by atoms with E-state index in [0.29, 0.717) is 23.5 Å². The third-order valence-electron chi connectivity index (χ3n) is 5.09. The fourth-order valence-corrected chi connectivity index (χ4v) is 3.16. The molecule has 0 spiro atoms. The van der Waals surface area contributed by atoms with Crippen LogP contribution in [0.1, 0.15) is 61.3 Å². The molecule has 0 unspecified atom stereocenters. The Hall–Kier alpha value is -2.99. The van der Waals surface area contributed by atoms with Crippen LogP contribution in [0.25, 0.3) is 11.1 Å². The van der Waals surface area contributed by atoms with Crippen molar-refractivity contribution < 1.29 is 9.18 Å². The third kappa shape index (κ3) is 4.23. The molecule has 0 heterocycles. The highest BCUT2D eigenvalue weighted by Gasteiger charge is 2.23. The molecule has 0 radical (unpaired) electrons. The molecule has 2 aromatic carbocycles. The molecular formula is C24H22FNO. The maximum Gasteiger partial charge on any atom is 0.146 e. The molecule has 0 aliphatic heterocycles. The van der Waals surface area contributed by atoms with Gasteiger partial charge in [-0.3, -0.25) is 4.79 Å². The SMILES string of the molecule is CC/C(C=O)=C\C(=C(/C)c1ccc(C2CC2)cc1)c1ccc(C#N)c(F)c1. The predicted molar refractivity (Wildman–Crippen MR) is 106 cm³/mol. The van der Waals surface area contributed by atoms with E-state index in [4.69, 9.17) is 5.26 Å². The van der Waals surface area contributed by atoms with Gasteiger partial charge < -0.3 is 0 Å². The Morgan fingerprint density at radius 1 is 1.19 bits per heavy atom. The van der Waals surface area contributed by atoms with Crippen LogP contribution in [0.4, 0.5) is 4.39 Å². The van der Waals surface area contributed by atoms with Gasteiger partial charge in [-0.1, -0.05) is 37.3 Å². The number of carbonyl (C=O) groups is 1. The van der Waals surface area contributed by atoms with Crippen LogP contribution in [0.15, 0.2) is 54.1 Å². The molecule has 2 nitrogen and oxygen atoms in total. The van der Waals surface area contributed by atoms with E-state index in [0.717, 1.165) is 23.0 Å². The van der Waals surface area contributed by atoms with Crippen molar-refractivity contribution in [2.45, 2.75) is 39.0 Å². The topological polar surface area (TPSA) is 40.9 Å². The number of nitrogens with zero attached hydrogens (tertiary/aromatic N) is 1. The lowest BCUT2D eigenvalue weighted by atomic mass is 9.92. The first kappa shape index (κ1) is 18.8. The van der Waals surface area contributed by atoms with Crippen LogP contribution in [0.3, 0.4) is 0 Å².